The van der Waals surface area contributed by atoms with E-state index in [9.17, 15) is 8.42 Å². The molecule has 1 fully saturated rings. The van der Waals surface area contributed by atoms with Crippen LogP contribution in [0, 0.1) is 0 Å². The van der Waals surface area contributed by atoms with Gasteiger partial charge in [-0.2, -0.15) is 0 Å². The number of unbranched alkanes of at least 4 members (excludes halogenated alkanes) is 6. The lowest BCUT2D eigenvalue weighted by molar-refractivity contribution is -0.129. The second-order valence-corrected chi connectivity index (χ2v) is 6.61. The Morgan fingerprint density at radius 3 is 2.06 bits per heavy atom. The first-order valence-electron chi connectivity index (χ1n) is 6.78. The zero-order valence-electron chi connectivity index (χ0n) is 11.0. The SMILES string of the molecule is NS(=O)(=O)CCCCCCCCCOC1COC1. The average molecular weight is 279 g/mol. The van der Waals surface area contributed by atoms with E-state index in [0.717, 1.165) is 45.5 Å². The minimum Gasteiger partial charge on any atom is -0.376 e. The fraction of sp³-hybridized carbons (Fsp3) is 1.00. The molecule has 0 aromatic carbocycles. The maximum Gasteiger partial charge on any atom is 0.209 e. The van der Waals surface area contributed by atoms with Gasteiger partial charge in [-0.3, -0.25) is 0 Å². The van der Waals surface area contributed by atoms with Crippen molar-refractivity contribution in [3.05, 3.63) is 0 Å². The summed E-state index contributed by atoms with van der Waals surface area (Å²) in [6.45, 7) is 2.34. The van der Waals surface area contributed by atoms with Crippen LogP contribution in [-0.2, 0) is 19.5 Å². The number of ether oxygens (including phenoxy) is 2. The number of nitrogens with two attached hydrogens (primary N) is 1. The van der Waals surface area contributed by atoms with E-state index in [-0.39, 0.29) is 5.75 Å². The van der Waals surface area contributed by atoms with Crippen LogP contribution in [-0.4, -0.2) is 40.1 Å². The van der Waals surface area contributed by atoms with E-state index in [2.05, 4.69) is 0 Å². The van der Waals surface area contributed by atoms with E-state index >= 15 is 0 Å². The standard InChI is InChI=1S/C12H25NO4S/c13-18(14,15)9-7-5-3-1-2-4-6-8-17-12-10-16-11-12/h12H,1-11H2,(H2,13,14,15). The van der Waals surface area contributed by atoms with Gasteiger partial charge in [0.05, 0.1) is 19.0 Å². The molecule has 6 heteroatoms. The first-order valence-corrected chi connectivity index (χ1v) is 8.49. The zero-order valence-corrected chi connectivity index (χ0v) is 11.8. The molecule has 5 nitrogen and oxygen atoms in total. The number of sulfonamides is 1. The Balaban J connectivity index is 1.73. The summed E-state index contributed by atoms with van der Waals surface area (Å²) in [4.78, 5) is 0. The molecule has 108 valence electrons. The molecule has 0 unspecified atom stereocenters. The molecular formula is C12H25NO4S. The molecule has 1 rings (SSSR count). The molecule has 1 aliphatic heterocycles. The molecule has 0 aliphatic carbocycles. The molecule has 0 spiro atoms. The molecule has 0 aromatic rings. The normalized spacial score (nSPS) is 16.7. The monoisotopic (exact) mass is 279 g/mol. The Bertz CT molecular complexity index is 301. The lowest BCUT2D eigenvalue weighted by Gasteiger charge is -2.25. The fourth-order valence-corrected chi connectivity index (χ4v) is 2.46. The topological polar surface area (TPSA) is 78.6 Å². The summed E-state index contributed by atoms with van der Waals surface area (Å²) in [6, 6.07) is 0. The van der Waals surface area contributed by atoms with Gasteiger partial charge in [-0.1, -0.05) is 32.1 Å². The second-order valence-electron chi connectivity index (χ2n) is 4.87. The van der Waals surface area contributed by atoms with Gasteiger partial charge in [-0.25, -0.2) is 13.6 Å². The van der Waals surface area contributed by atoms with Crippen LogP contribution < -0.4 is 5.14 Å². The van der Waals surface area contributed by atoms with Crippen LogP contribution >= 0.6 is 0 Å². The van der Waals surface area contributed by atoms with Gasteiger partial charge >= 0.3 is 0 Å². The lowest BCUT2D eigenvalue weighted by atomic mass is 10.1. The van der Waals surface area contributed by atoms with Crippen molar-refractivity contribution in [2.24, 2.45) is 5.14 Å². The third kappa shape index (κ3) is 8.85. The van der Waals surface area contributed by atoms with E-state index < -0.39 is 10.0 Å². The third-order valence-corrected chi connectivity index (χ3v) is 3.89. The van der Waals surface area contributed by atoms with Crippen molar-refractivity contribution in [3.63, 3.8) is 0 Å². The fourth-order valence-electron chi connectivity index (χ4n) is 1.85. The minimum atomic E-state index is -3.26. The van der Waals surface area contributed by atoms with Gasteiger partial charge < -0.3 is 9.47 Å². The Morgan fingerprint density at radius 2 is 1.56 bits per heavy atom. The van der Waals surface area contributed by atoms with E-state index in [4.69, 9.17) is 14.6 Å². The van der Waals surface area contributed by atoms with Crippen LogP contribution in [0.1, 0.15) is 44.9 Å². The summed E-state index contributed by atoms with van der Waals surface area (Å²) in [5.41, 5.74) is 0. The summed E-state index contributed by atoms with van der Waals surface area (Å²) in [5, 5.41) is 4.92. The van der Waals surface area contributed by atoms with Crippen LogP contribution in [0.15, 0.2) is 0 Å². The predicted molar refractivity (Wildman–Crippen MR) is 70.9 cm³/mol. The van der Waals surface area contributed by atoms with E-state index in [1.165, 1.54) is 12.8 Å². The first-order chi connectivity index (χ1) is 8.58. The highest BCUT2D eigenvalue weighted by atomic mass is 32.2. The molecule has 2 N–H and O–H groups in total. The highest BCUT2D eigenvalue weighted by molar-refractivity contribution is 7.89. The molecular weight excluding hydrogens is 254 g/mol. The summed E-state index contributed by atoms with van der Waals surface area (Å²) in [5.74, 6) is 0.115. The van der Waals surface area contributed by atoms with Crippen molar-refractivity contribution in [3.8, 4) is 0 Å². The van der Waals surface area contributed by atoms with Gasteiger partial charge in [-0.05, 0) is 12.8 Å². The largest absolute Gasteiger partial charge is 0.376 e. The van der Waals surface area contributed by atoms with Gasteiger partial charge in [-0.15, -0.1) is 0 Å². The molecule has 1 heterocycles. The molecule has 0 amide bonds. The Morgan fingerprint density at radius 1 is 1.00 bits per heavy atom. The molecule has 0 bridgehead atoms. The van der Waals surface area contributed by atoms with Gasteiger partial charge in [0, 0.05) is 6.61 Å². The number of hydrogen-bond donors (Lipinski definition) is 1. The number of hydrogen-bond acceptors (Lipinski definition) is 4. The van der Waals surface area contributed by atoms with E-state index in [1.54, 1.807) is 0 Å². The minimum absolute atomic E-state index is 0.115. The molecule has 18 heavy (non-hydrogen) atoms. The van der Waals surface area contributed by atoms with Crippen LogP contribution in [0.4, 0.5) is 0 Å². The Labute approximate surface area is 110 Å². The van der Waals surface area contributed by atoms with E-state index in [1.807, 2.05) is 0 Å². The lowest BCUT2D eigenvalue weighted by Crippen LogP contribution is -2.36. The molecule has 0 radical (unpaired) electrons. The summed E-state index contributed by atoms with van der Waals surface area (Å²) in [6.07, 6.45) is 7.71. The van der Waals surface area contributed by atoms with Gasteiger partial charge in [0.2, 0.25) is 10.0 Å². The van der Waals surface area contributed by atoms with E-state index in [0.29, 0.717) is 12.5 Å². The van der Waals surface area contributed by atoms with Crippen LogP contribution in [0.5, 0.6) is 0 Å². The quantitative estimate of drug-likeness (QED) is 0.580. The van der Waals surface area contributed by atoms with Gasteiger partial charge in [0.25, 0.3) is 0 Å². The molecule has 1 saturated heterocycles. The maximum atomic E-state index is 10.7. The molecule has 0 atom stereocenters. The summed E-state index contributed by atoms with van der Waals surface area (Å²) in [7, 11) is -3.26. The van der Waals surface area contributed by atoms with Crippen molar-refractivity contribution >= 4 is 10.0 Å². The number of primary sulfonamides is 1. The van der Waals surface area contributed by atoms with Crippen molar-refractivity contribution < 1.29 is 17.9 Å². The van der Waals surface area contributed by atoms with Crippen molar-refractivity contribution in [2.75, 3.05) is 25.6 Å². The third-order valence-electron chi connectivity index (χ3n) is 3.03. The van der Waals surface area contributed by atoms with Crippen molar-refractivity contribution in [2.45, 2.75) is 51.0 Å². The van der Waals surface area contributed by atoms with Crippen LogP contribution in [0.25, 0.3) is 0 Å². The maximum absolute atomic E-state index is 10.7. The Hall–Kier alpha value is -0.170. The van der Waals surface area contributed by atoms with Gasteiger partial charge in [0.15, 0.2) is 0 Å². The van der Waals surface area contributed by atoms with Gasteiger partial charge in [0.1, 0.15) is 6.10 Å². The summed E-state index contributed by atoms with van der Waals surface area (Å²) < 4.78 is 31.9. The highest BCUT2D eigenvalue weighted by Gasteiger charge is 2.17. The summed E-state index contributed by atoms with van der Waals surface area (Å²) >= 11 is 0. The smallest absolute Gasteiger partial charge is 0.209 e. The van der Waals surface area contributed by atoms with Crippen molar-refractivity contribution in [1.82, 2.24) is 0 Å². The zero-order chi connectivity index (χ0) is 13.3. The number of rotatable bonds is 11. The average Bonchev–Trinajstić information content (AvgIpc) is 2.22. The predicted octanol–water partition coefficient (Wildman–Crippen LogP) is 1.42. The van der Waals surface area contributed by atoms with Crippen molar-refractivity contribution in [1.29, 1.82) is 0 Å². The van der Waals surface area contributed by atoms with Crippen LogP contribution in [0.2, 0.25) is 0 Å². The highest BCUT2D eigenvalue weighted by Crippen LogP contribution is 2.10. The second kappa shape index (κ2) is 8.85. The first kappa shape index (κ1) is 15.9. The molecule has 0 aromatic heterocycles. The van der Waals surface area contributed by atoms with Crippen LogP contribution in [0.3, 0.4) is 0 Å². The molecule has 0 saturated carbocycles. The molecule has 1 aliphatic rings. The Kier molecular flexibility index (Phi) is 7.81.